The summed E-state index contributed by atoms with van der Waals surface area (Å²) in [6.07, 6.45) is 84.1. The molecule has 472 valence electrons. The van der Waals surface area contributed by atoms with Crippen LogP contribution in [0.3, 0.4) is 0 Å². The molecule has 3 unspecified atom stereocenters. The summed E-state index contributed by atoms with van der Waals surface area (Å²) in [7, 11) is 1.56. The Kier molecular flexibility index (Phi) is 60.8. The lowest BCUT2D eigenvalue weighted by atomic mass is 10.0. The highest BCUT2D eigenvalue weighted by Gasteiger charge is 2.28. The highest BCUT2D eigenvalue weighted by Crippen LogP contribution is 2.43. The molecule has 1 amide bonds. The molecule has 9 heteroatoms. The van der Waals surface area contributed by atoms with Crippen LogP contribution < -0.4 is 5.32 Å². The molecule has 0 radical (unpaired) electrons. The molecule has 3 N–H and O–H groups in total. The molecule has 0 rings (SSSR count). The zero-order chi connectivity index (χ0) is 58.4. The molecule has 0 bridgehead atoms. The average molecular weight is 1150 g/mol. The van der Waals surface area contributed by atoms with Gasteiger partial charge >= 0.3 is 7.82 Å². The lowest BCUT2D eigenvalue weighted by Crippen LogP contribution is -2.45. The van der Waals surface area contributed by atoms with E-state index >= 15 is 0 Å². The number of rotatable bonds is 65. The average Bonchev–Trinajstić information content (AvgIpc) is 3.42. The van der Waals surface area contributed by atoms with E-state index in [-0.39, 0.29) is 19.1 Å². The van der Waals surface area contributed by atoms with E-state index < -0.39 is 20.0 Å². The fraction of sp³-hybridized carbons (Fsp3) is 0.873. The van der Waals surface area contributed by atoms with E-state index in [4.69, 9.17) is 9.05 Å². The number of unbranched alkanes of at least 4 members (excludes halogenated alkanes) is 46. The maximum atomic E-state index is 13.0. The lowest BCUT2D eigenvalue weighted by Gasteiger charge is -2.25. The molecule has 0 aliphatic rings. The smallest absolute Gasteiger partial charge is 0.387 e. The largest absolute Gasteiger partial charge is 0.472 e. The van der Waals surface area contributed by atoms with E-state index in [0.717, 1.165) is 44.9 Å². The van der Waals surface area contributed by atoms with Crippen LogP contribution in [0.5, 0.6) is 0 Å². The predicted molar refractivity (Wildman–Crippen MR) is 351 cm³/mol. The number of quaternary nitrogens is 1. The van der Waals surface area contributed by atoms with Crippen molar-refractivity contribution >= 4 is 13.7 Å². The van der Waals surface area contributed by atoms with Crippen molar-refractivity contribution in [3.05, 3.63) is 48.6 Å². The number of hydrogen-bond acceptors (Lipinski definition) is 5. The molecule has 0 fully saturated rings. The number of phosphoric acid groups is 1. The monoisotopic (exact) mass is 1150 g/mol. The molecule has 0 aromatic rings. The van der Waals surface area contributed by atoms with Crippen LogP contribution >= 0.6 is 7.82 Å². The molecule has 0 aromatic heterocycles. The van der Waals surface area contributed by atoms with E-state index in [9.17, 15) is 19.4 Å². The number of aliphatic hydroxyl groups is 1. The SMILES string of the molecule is CCCCCCCCCC/C=C\CCCCCCCCCCCCCCCCCCCCCCCC(=O)NC(COP(=O)(O)OCC[N+](C)(C)C)C(O)/C=C/CC/C=C/CC/C=C/CCCCCCCCCCCCCCCCC. The summed E-state index contributed by atoms with van der Waals surface area (Å²) >= 11 is 0. The molecule has 0 saturated heterocycles. The second-order valence-electron chi connectivity index (χ2n) is 25.2. The molecule has 0 aromatic carbocycles. The first-order valence-electron chi connectivity index (χ1n) is 35.0. The zero-order valence-electron chi connectivity index (χ0n) is 54.1. The Morgan fingerprint density at radius 2 is 0.688 bits per heavy atom. The standard InChI is InChI=1S/C71H137N2O6P/c1-6-8-10-12-14-16-18-20-22-24-26-28-30-32-33-34-35-36-37-38-39-41-43-45-47-49-51-53-55-57-59-61-63-65-71(75)72-69(68-79-80(76,77)78-67-66-73(3,4)5)70(74)64-62-60-58-56-54-52-50-48-46-44-42-40-31-29-27-25-23-21-19-17-15-13-11-9-7-2/h24,26,46,48,54,56,62,64,69-70,74H,6-23,25,27-45,47,49-53,55,57-61,63,65-68H2,1-5H3,(H-,72,75,76,77)/p+1/b26-24-,48-46+,56-54+,64-62+. The van der Waals surface area contributed by atoms with E-state index in [1.807, 2.05) is 27.2 Å². The van der Waals surface area contributed by atoms with Crippen molar-refractivity contribution in [2.24, 2.45) is 0 Å². The van der Waals surface area contributed by atoms with E-state index in [1.54, 1.807) is 6.08 Å². The van der Waals surface area contributed by atoms with E-state index in [2.05, 4.69) is 55.6 Å². The van der Waals surface area contributed by atoms with Crippen molar-refractivity contribution in [2.45, 2.75) is 360 Å². The normalized spacial score (nSPS) is 13.9. The Labute approximate surface area is 499 Å². The Morgan fingerprint density at radius 1 is 0.412 bits per heavy atom. The Hall–Kier alpha value is -1.54. The van der Waals surface area contributed by atoms with Gasteiger partial charge in [0.05, 0.1) is 39.9 Å². The molecule has 0 aliphatic heterocycles. The number of amides is 1. The summed E-state index contributed by atoms with van der Waals surface area (Å²) in [4.78, 5) is 23.4. The van der Waals surface area contributed by atoms with Crippen LogP contribution in [-0.4, -0.2) is 73.4 Å². The number of nitrogens with zero attached hydrogens (tertiary/aromatic N) is 1. The van der Waals surface area contributed by atoms with Gasteiger partial charge in [-0.15, -0.1) is 0 Å². The minimum Gasteiger partial charge on any atom is -0.387 e. The number of hydrogen-bond donors (Lipinski definition) is 3. The summed E-state index contributed by atoms with van der Waals surface area (Å²) in [6, 6.07) is -0.871. The lowest BCUT2D eigenvalue weighted by molar-refractivity contribution is -0.870. The van der Waals surface area contributed by atoms with Crippen LogP contribution in [0, 0.1) is 0 Å². The van der Waals surface area contributed by atoms with E-state index in [0.29, 0.717) is 17.4 Å². The van der Waals surface area contributed by atoms with Gasteiger partial charge in [0.2, 0.25) is 5.91 Å². The molecule has 0 aliphatic carbocycles. The third kappa shape index (κ3) is 64.0. The Bertz CT molecular complexity index is 1440. The van der Waals surface area contributed by atoms with Crippen molar-refractivity contribution in [2.75, 3.05) is 40.9 Å². The van der Waals surface area contributed by atoms with Gasteiger partial charge in [-0.05, 0) is 70.6 Å². The number of phosphoric ester groups is 1. The van der Waals surface area contributed by atoms with E-state index in [1.165, 1.54) is 283 Å². The number of aliphatic hydroxyl groups excluding tert-OH is 1. The van der Waals surface area contributed by atoms with Gasteiger partial charge in [0.15, 0.2) is 0 Å². The van der Waals surface area contributed by atoms with Crippen LogP contribution in [-0.2, 0) is 18.4 Å². The van der Waals surface area contributed by atoms with Gasteiger partial charge in [-0.2, -0.15) is 0 Å². The molecular formula is C71H138N2O6P+. The zero-order valence-corrected chi connectivity index (χ0v) is 55.0. The number of nitrogens with one attached hydrogen (secondary N) is 1. The molecule has 8 nitrogen and oxygen atoms in total. The Balaban J connectivity index is 4.08. The first kappa shape index (κ1) is 78.5. The summed E-state index contributed by atoms with van der Waals surface area (Å²) in [6.45, 7) is 4.84. The minimum atomic E-state index is -4.36. The van der Waals surface area contributed by atoms with Gasteiger partial charge in [-0.25, -0.2) is 4.57 Å². The van der Waals surface area contributed by atoms with Crippen molar-refractivity contribution < 1.29 is 32.9 Å². The van der Waals surface area contributed by atoms with Crippen LogP contribution in [0.4, 0.5) is 0 Å². The highest BCUT2D eigenvalue weighted by atomic mass is 31.2. The van der Waals surface area contributed by atoms with Crippen molar-refractivity contribution in [3.8, 4) is 0 Å². The minimum absolute atomic E-state index is 0.0545. The van der Waals surface area contributed by atoms with Gasteiger partial charge in [-0.1, -0.05) is 319 Å². The number of likely N-dealkylation sites (N-methyl/N-ethyl adjacent to an activating group) is 1. The first-order valence-corrected chi connectivity index (χ1v) is 36.5. The third-order valence-electron chi connectivity index (χ3n) is 16.0. The van der Waals surface area contributed by atoms with Crippen molar-refractivity contribution in [1.29, 1.82) is 0 Å². The second-order valence-corrected chi connectivity index (χ2v) is 26.7. The summed E-state index contributed by atoms with van der Waals surface area (Å²) in [5, 5.41) is 14.0. The molecule has 0 spiro atoms. The Morgan fingerprint density at radius 3 is 1.00 bits per heavy atom. The number of allylic oxidation sites excluding steroid dienone is 7. The number of carbonyl (C=O) groups is 1. The maximum Gasteiger partial charge on any atom is 0.472 e. The topological polar surface area (TPSA) is 105 Å². The summed E-state index contributed by atoms with van der Waals surface area (Å²) in [5.74, 6) is -0.185. The highest BCUT2D eigenvalue weighted by molar-refractivity contribution is 7.47. The van der Waals surface area contributed by atoms with Gasteiger partial charge in [0.1, 0.15) is 13.2 Å². The summed E-state index contributed by atoms with van der Waals surface area (Å²) in [5.41, 5.74) is 0. The fourth-order valence-corrected chi connectivity index (χ4v) is 11.3. The fourth-order valence-electron chi connectivity index (χ4n) is 10.5. The molecule has 80 heavy (non-hydrogen) atoms. The number of carbonyl (C=O) groups excluding carboxylic acids is 1. The van der Waals surface area contributed by atoms with Crippen molar-refractivity contribution in [1.82, 2.24) is 5.32 Å². The molecular weight excluding hydrogens is 1010 g/mol. The van der Waals surface area contributed by atoms with Gasteiger partial charge in [0.25, 0.3) is 0 Å². The first-order chi connectivity index (χ1) is 39.0. The molecule has 3 atom stereocenters. The van der Waals surface area contributed by atoms with Gasteiger partial charge in [-0.3, -0.25) is 13.8 Å². The quantitative estimate of drug-likeness (QED) is 0.0243. The summed E-state index contributed by atoms with van der Waals surface area (Å²) < 4.78 is 23.8. The van der Waals surface area contributed by atoms with Crippen LogP contribution in [0.15, 0.2) is 48.6 Å². The van der Waals surface area contributed by atoms with Gasteiger partial charge < -0.3 is 19.8 Å². The maximum absolute atomic E-state index is 13.0. The van der Waals surface area contributed by atoms with Crippen molar-refractivity contribution in [3.63, 3.8) is 0 Å². The second kappa shape index (κ2) is 62.0. The molecule has 0 heterocycles. The molecule has 0 saturated carbocycles. The van der Waals surface area contributed by atoms with Crippen LogP contribution in [0.2, 0.25) is 0 Å². The third-order valence-corrected chi connectivity index (χ3v) is 17.0. The van der Waals surface area contributed by atoms with Crippen LogP contribution in [0.25, 0.3) is 0 Å². The van der Waals surface area contributed by atoms with Gasteiger partial charge in [0, 0.05) is 6.42 Å². The predicted octanol–water partition coefficient (Wildman–Crippen LogP) is 22.2. The van der Waals surface area contributed by atoms with Crippen LogP contribution in [0.1, 0.15) is 348 Å².